The molecule has 0 fully saturated rings. The molecular weight excluding hydrogens is 326 g/mol. The first-order valence-corrected chi connectivity index (χ1v) is 9.40. The van der Waals surface area contributed by atoms with Gasteiger partial charge < -0.3 is 11.1 Å². The summed E-state index contributed by atoms with van der Waals surface area (Å²) in [6.45, 7) is 0.224. The smallest absolute Gasteiger partial charge is 0.222 e. The van der Waals surface area contributed by atoms with Crippen molar-refractivity contribution in [1.82, 2.24) is 15.0 Å². The van der Waals surface area contributed by atoms with Gasteiger partial charge in [0.05, 0.1) is 17.0 Å². The second kappa shape index (κ2) is 6.40. The molecule has 24 heavy (non-hydrogen) atoms. The Bertz CT molecular complexity index is 974. The summed E-state index contributed by atoms with van der Waals surface area (Å²) in [5.74, 6) is 0.536. The van der Waals surface area contributed by atoms with Crippen LogP contribution >= 0.6 is 0 Å². The maximum Gasteiger partial charge on any atom is 0.222 e. The molecule has 3 aromatic rings. The van der Waals surface area contributed by atoms with Gasteiger partial charge in [-0.15, -0.1) is 0 Å². The zero-order valence-corrected chi connectivity index (χ0v) is 13.9. The Balaban J connectivity index is 2.00. The van der Waals surface area contributed by atoms with E-state index in [0.717, 1.165) is 11.3 Å². The lowest BCUT2D eigenvalue weighted by atomic mass is 10.1. The summed E-state index contributed by atoms with van der Waals surface area (Å²) in [5, 5.41) is 2.99. The van der Waals surface area contributed by atoms with Gasteiger partial charge in [-0.3, -0.25) is 0 Å². The summed E-state index contributed by atoms with van der Waals surface area (Å²) < 4.78 is 22.6. The number of nitrogens with two attached hydrogens (primary N) is 1. The zero-order chi connectivity index (χ0) is 17.2. The first-order chi connectivity index (χ1) is 11.4. The predicted molar refractivity (Wildman–Crippen MR) is 95.4 cm³/mol. The summed E-state index contributed by atoms with van der Waals surface area (Å²) in [6, 6.07) is 13.4. The van der Waals surface area contributed by atoms with E-state index < -0.39 is 9.84 Å². The normalized spacial score (nSPS) is 11.5. The van der Waals surface area contributed by atoms with E-state index in [2.05, 4.69) is 20.3 Å². The van der Waals surface area contributed by atoms with E-state index in [-0.39, 0.29) is 18.2 Å². The number of hydrogen-bond donors (Lipinski definition) is 2. The van der Waals surface area contributed by atoms with Crippen LogP contribution in [0.2, 0.25) is 0 Å². The number of nitrogens with zero attached hydrogens (tertiary/aromatic N) is 3. The fourth-order valence-corrected chi connectivity index (χ4v) is 2.75. The van der Waals surface area contributed by atoms with Crippen molar-refractivity contribution in [3.63, 3.8) is 0 Å². The Morgan fingerprint density at radius 3 is 2.50 bits per heavy atom. The third kappa shape index (κ3) is 3.77. The lowest BCUT2D eigenvalue weighted by Crippen LogP contribution is -2.15. The molecule has 7 nitrogen and oxygen atoms in total. The Labute approximate surface area is 139 Å². The number of pyridine rings is 1. The van der Waals surface area contributed by atoms with E-state index in [1.807, 2.05) is 42.5 Å². The molecular formula is C16H17N5O2S. The van der Waals surface area contributed by atoms with Crippen molar-refractivity contribution in [2.45, 2.75) is 0 Å². The van der Waals surface area contributed by atoms with Crippen LogP contribution in [0.5, 0.6) is 0 Å². The monoisotopic (exact) mass is 343 g/mol. The van der Waals surface area contributed by atoms with Crippen molar-refractivity contribution >= 4 is 32.6 Å². The molecule has 0 spiro atoms. The van der Waals surface area contributed by atoms with Gasteiger partial charge in [-0.1, -0.05) is 30.3 Å². The lowest BCUT2D eigenvalue weighted by molar-refractivity contribution is 0.602. The van der Waals surface area contributed by atoms with Gasteiger partial charge in [-0.2, -0.15) is 4.98 Å². The number of hydrogen-bond acceptors (Lipinski definition) is 7. The van der Waals surface area contributed by atoms with Crippen LogP contribution < -0.4 is 11.1 Å². The third-order valence-electron chi connectivity index (χ3n) is 3.39. The first-order valence-electron chi connectivity index (χ1n) is 7.34. The van der Waals surface area contributed by atoms with E-state index in [4.69, 9.17) is 5.73 Å². The molecule has 0 bridgehead atoms. The lowest BCUT2D eigenvalue weighted by Gasteiger charge is -2.10. The summed E-state index contributed by atoms with van der Waals surface area (Å²) in [4.78, 5) is 12.9. The van der Waals surface area contributed by atoms with Crippen molar-refractivity contribution in [3.05, 3.63) is 42.5 Å². The van der Waals surface area contributed by atoms with E-state index in [0.29, 0.717) is 16.9 Å². The molecule has 0 atom stereocenters. The fraction of sp³-hybridized carbons (Fsp3) is 0.188. The molecule has 3 rings (SSSR count). The van der Waals surface area contributed by atoms with Gasteiger partial charge in [0.15, 0.2) is 5.82 Å². The Morgan fingerprint density at radius 1 is 1.04 bits per heavy atom. The highest BCUT2D eigenvalue weighted by Gasteiger charge is 2.10. The van der Waals surface area contributed by atoms with Gasteiger partial charge >= 0.3 is 0 Å². The van der Waals surface area contributed by atoms with E-state index in [1.165, 1.54) is 6.26 Å². The molecule has 0 aliphatic heterocycles. The minimum Gasteiger partial charge on any atom is -0.368 e. The summed E-state index contributed by atoms with van der Waals surface area (Å²) in [7, 11) is -3.07. The van der Waals surface area contributed by atoms with Crippen molar-refractivity contribution in [1.29, 1.82) is 0 Å². The van der Waals surface area contributed by atoms with Crippen LogP contribution in [0.25, 0.3) is 22.3 Å². The molecule has 2 aromatic heterocycles. The largest absolute Gasteiger partial charge is 0.368 e. The second-order valence-corrected chi connectivity index (χ2v) is 7.68. The van der Waals surface area contributed by atoms with Crippen LogP contribution in [0.15, 0.2) is 42.5 Å². The van der Waals surface area contributed by atoms with Crippen molar-refractivity contribution in [2.75, 3.05) is 29.6 Å². The highest BCUT2D eigenvalue weighted by atomic mass is 32.2. The Hall–Kier alpha value is -2.74. The van der Waals surface area contributed by atoms with E-state index >= 15 is 0 Å². The average molecular weight is 343 g/mol. The quantitative estimate of drug-likeness (QED) is 0.725. The molecule has 0 aliphatic rings. The highest BCUT2D eigenvalue weighted by Crippen LogP contribution is 2.24. The van der Waals surface area contributed by atoms with E-state index in [1.54, 1.807) is 0 Å². The van der Waals surface area contributed by atoms with Crippen molar-refractivity contribution in [2.24, 2.45) is 0 Å². The van der Waals surface area contributed by atoms with Crippen LogP contribution in [-0.4, -0.2) is 41.9 Å². The van der Waals surface area contributed by atoms with Gasteiger partial charge in [-0.25, -0.2) is 18.4 Å². The minimum absolute atomic E-state index is 0.00320. The number of fused-ring (bicyclic) bond motifs is 1. The topological polar surface area (TPSA) is 111 Å². The number of aromatic nitrogens is 3. The minimum atomic E-state index is -3.07. The number of nitrogen functional groups attached to an aromatic ring is 1. The van der Waals surface area contributed by atoms with Crippen molar-refractivity contribution < 1.29 is 8.42 Å². The van der Waals surface area contributed by atoms with Crippen LogP contribution in [0.3, 0.4) is 0 Å². The second-order valence-electron chi connectivity index (χ2n) is 5.42. The number of anilines is 2. The molecule has 0 aliphatic carbocycles. The fourth-order valence-electron chi connectivity index (χ4n) is 2.28. The van der Waals surface area contributed by atoms with Crippen LogP contribution in [0, 0.1) is 0 Å². The molecule has 124 valence electrons. The number of benzene rings is 1. The van der Waals surface area contributed by atoms with Crippen molar-refractivity contribution in [3.8, 4) is 11.3 Å². The maximum absolute atomic E-state index is 11.3. The average Bonchev–Trinajstić information content (AvgIpc) is 2.54. The summed E-state index contributed by atoms with van der Waals surface area (Å²) in [5.41, 5.74) is 8.63. The number of rotatable bonds is 5. The Morgan fingerprint density at radius 2 is 1.79 bits per heavy atom. The first kappa shape index (κ1) is 16.1. The Kier molecular flexibility index (Phi) is 4.30. The van der Waals surface area contributed by atoms with Crippen LogP contribution in [0.4, 0.5) is 11.8 Å². The van der Waals surface area contributed by atoms with Crippen LogP contribution in [-0.2, 0) is 9.84 Å². The molecule has 1 aromatic carbocycles. The molecule has 0 saturated heterocycles. The van der Waals surface area contributed by atoms with Gasteiger partial charge in [-0.05, 0) is 12.1 Å². The molecule has 0 amide bonds. The highest BCUT2D eigenvalue weighted by molar-refractivity contribution is 7.90. The standard InChI is InChI=1S/C16H17N5O2S/c1-24(22,23)10-9-18-15-14-13(20-16(17)21-15)8-7-12(19-14)11-5-3-2-4-6-11/h2-8H,9-10H2,1H3,(H3,17,18,20,21). The number of sulfone groups is 1. The molecule has 3 N–H and O–H groups in total. The predicted octanol–water partition coefficient (Wildman–Crippen LogP) is 1.73. The zero-order valence-electron chi connectivity index (χ0n) is 13.1. The van der Waals surface area contributed by atoms with Crippen LogP contribution in [0.1, 0.15) is 0 Å². The molecule has 0 saturated carbocycles. The van der Waals surface area contributed by atoms with Gasteiger partial charge in [0.1, 0.15) is 15.4 Å². The summed E-state index contributed by atoms with van der Waals surface area (Å²) in [6.07, 6.45) is 1.19. The maximum atomic E-state index is 11.3. The van der Waals surface area contributed by atoms with Gasteiger partial charge in [0, 0.05) is 18.4 Å². The molecule has 2 heterocycles. The third-order valence-corrected chi connectivity index (χ3v) is 4.34. The van der Waals surface area contributed by atoms with Gasteiger partial charge in [0.25, 0.3) is 0 Å². The molecule has 0 radical (unpaired) electrons. The number of nitrogens with one attached hydrogen (secondary N) is 1. The van der Waals surface area contributed by atoms with E-state index in [9.17, 15) is 8.42 Å². The SMILES string of the molecule is CS(=O)(=O)CCNc1nc(N)nc2ccc(-c3ccccc3)nc12. The van der Waals surface area contributed by atoms with Gasteiger partial charge in [0.2, 0.25) is 5.95 Å². The summed E-state index contributed by atoms with van der Waals surface area (Å²) >= 11 is 0. The molecule has 8 heteroatoms. The molecule has 0 unspecified atom stereocenters.